The zero-order chi connectivity index (χ0) is 9.84. The van der Waals surface area contributed by atoms with Crippen LogP contribution in [0.4, 0.5) is 0 Å². The van der Waals surface area contributed by atoms with E-state index in [1.54, 1.807) is 0 Å². The third-order valence-corrected chi connectivity index (χ3v) is 1.88. The minimum absolute atomic E-state index is 0.694. The topological polar surface area (TPSA) is 25.5 Å². The Bertz CT molecular complexity index is 330. The Morgan fingerprint density at radius 1 is 1.23 bits per heavy atom. The Kier molecular flexibility index (Phi) is 2.88. The first kappa shape index (κ1) is 9.56. The standard InChI is InChI=1S/C11H13N2/c1-9-4-6-10(7-5-9)11(8-12)13(2)3/h4-7H,1-3H3/q-1. The molecule has 0 spiro atoms. The van der Waals surface area contributed by atoms with Crippen LogP contribution >= 0.6 is 0 Å². The van der Waals surface area contributed by atoms with E-state index in [2.05, 4.69) is 5.87 Å². The Balaban J connectivity index is 3.08. The summed E-state index contributed by atoms with van der Waals surface area (Å²) >= 11 is 0. The van der Waals surface area contributed by atoms with Crippen LogP contribution in [0, 0.1) is 6.92 Å². The van der Waals surface area contributed by atoms with Crippen molar-refractivity contribution in [1.82, 2.24) is 4.90 Å². The van der Waals surface area contributed by atoms with E-state index in [0.717, 1.165) is 5.56 Å². The van der Waals surface area contributed by atoms with Crippen LogP contribution in [0.2, 0.25) is 0 Å². The molecule has 0 amide bonds. The molecular formula is C11H13N2-. The van der Waals surface area contributed by atoms with Gasteiger partial charge in [0.25, 0.3) is 0 Å². The van der Waals surface area contributed by atoms with Crippen molar-refractivity contribution in [2.75, 3.05) is 14.1 Å². The van der Waals surface area contributed by atoms with Crippen LogP contribution in [0.3, 0.4) is 0 Å². The fourth-order valence-electron chi connectivity index (χ4n) is 1.13. The summed E-state index contributed by atoms with van der Waals surface area (Å²) in [5, 5.41) is 8.89. The molecule has 0 radical (unpaired) electrons. The van der Waals surface area contributed by atoms with Crippen molar-refractivity contribution in [2.24, 2.45) is 0 Å². The molecule has 0 saturated heterocycles. The van der Waals surface area contributed by atoms with Gasteiger partial charge in [-0.15, -0.1) is 0 Å². The fraction of sp³-hybridized carbons (Fsp3) is 0.273. The minimum atomic E-state index is 0.694. The second-order valence-electron chi connectivity index (χ2n) is 3.22. The predicted molar refractivity (Wildman–Crippen MR) is 56.6 cm³/mol. The van der Waals surface area contributed by atoms with Gasteiger partial charge in [-0.1, -0.05) is 29.8 Å². The zero-order valence-electron chi connectivity index (χ0n) is 8.20. The second kappa shape index (κ2) is 3.92. The van der Waals surface area contributed by atoms with Gasteiger partial charge < -0.3 is 10.3 Å². The highest BCUT2D eigenvalue weighted by molar-refractivity contribution is 5.89. The molecule has 2 nitrogen and oxygen atoms in total. The number of hydrogen-bond acceptors (Lipinski definition) is 1. The van der Waals surface area contributed by atoms with E-state index in [9.17, 15) is 0 Å². The lowest BCUT2D eigenvalue weighted by Crippen LogP contribution is -2.10. The first-order valence-electron chi connectivity index (χ1n) is 4.16. The molecule has 1 aromatic rings. The maximum atomic E-state index is 8.89. The molecule has 68 valence electrons. The smallest absolute Gasteiger partial charge is 0.0633 e. The molecule has 0 bridgehead atoms. The van der Waals surface area contributed by atoms with E-state index in [4.69, 9.17) is 5.41 Å². The molecule has 0 aliphatic rings. The van der Waals surface area contributed by atoms with Gasteiger partial charge in [0.15, 0.2) is 0 Å². The second-order valence-corrected chi connectivity index (χ2v) is 3.22. The summed E-state index contributed by atoms with van der Waals surface area (Å²) in [4.78, 5) is 1.82. The number of benzene rings is 1. The van der Waals surface area contributed by atoms with E-state index < -0.39 is 0 Å². The summed E-state index contributed by atoms with van der Waals surface area (Å²) in [5.74, 6) is 2.18. The van der Waals surface area contributed by atoms with Gasteiger partial charge in [-0.25, -0.2) is 5.87 Å². The van der Waals surface area contributed by atoms with E-state index in [1.807, 2.05) is 50.2 Å². The van der Waals surface area contributed by atoms with Crippen molar-refractivity contribution in [1.29, 1.82) is 0 Å². The SMILES string of the molecule is Cc1ccc(C(=C=[N-])N(C)C)cc1. The summed E-state index contributed by atoms with van der Waals surface area (Å²) in [6.45, 7) is 2.03. The summed E-state index contributed by atoms with van der Waals surface area (Å²) in [6, 6.07) is 7.95. The number of hydrogen-bond donors (Lipinski definition) is 0. The average Bonchev–Trinajstić information content (AvgIpc) is 2.09. The highest BCUT2D eigenvalue weighted by atomic mass is 15.1. The van der Waals surface area contributed by atoms with Crippen LogP contribution < -0.4 is 0 Å². The molecule has 2 heteroatoms. The van der Waals surface area contributed by atoms with E-state index >= 15 is 0 Å². The van der Waals surface area contributed by atoms with E-state index in [-0.39, 0.29) is 0 Å². The maximum Gasteiger partial charge on any atom is 0.0633 e. The Labute approximate surface area is 79.0 Å². The van der Waals surface area contributed by atoms with Crippen molar-refractivity contribution in [3.63, 3.8) is 0 Å². The Morgan fingerprint density at radius 3 is 2.15 bits per heavy atom. The molecule has 0 aromatic heterocycles. The quantitative estimate of drug-likeness (QED) is 0.629. The van der Waals surface area contributed by atoms with Gasteiger partial charge in [-0.2, -0.15) is 0 Å². The van der Waals surface area contributed by atoms with Gasteiger partial charge in [0, 0.05) is 19.7 Å². The summed E-state index contributed by atoms with van der Waals surface area (Å²) in [5.41, 5.74) is 2.87. The molecule has 0 heterocycles. The van der Waals surface area contributed by atoms with Gasteiger partial charge >= 0.3 is 0 Å². The minimum Gasteiger partial charge on any atom is -0.762 e. The Hall–Kier alpha value is -1.53. The molecule has 0 N–H and O–H groups in total. The molecule has 0 aliphatic carbocycles. The lowest BCUT2D eigenvalue weighted by atomic mass is 10.1. The van der Waals surface area contributed by atoms with Gasteiger partial charge in [-0.3, -0.25) is 0 Å². The summed E-state index contributed by atoms with van der Waals surface area (Å²) < 4.78 is 0. The highest BCUT2D eigenvalue weighted by Crippen LogP contribution is 2.13. The average molecular weight is 173 g/mol. The van der Waals surface area contributed by atoms with Crippen molar-refractivity contribution < 1.29 is 0 Å². The van der Waals surface area contributed by atoms with Crippen molar-refractivity contribution in [3.05, 3.63) is 40.8 Å². The molecule has 0 unspecified atom stereocenters. The van der Waals surface area contributed by atoms with E-state index in [1.165, 1.54) is 5.56 Å². The van der Waals surface area contributed by atoms with Crippen LogP contribution in [0.25, 0.3) is 11.1 Å². The maximum absolute atomic E-state index is 8.89. The van der Waals surface area contributed by atoms with E-state index in [0.29, 0.717) is 5.70 Å². The first-order valence-corrected chi connectivity index (χ1v) is 4.16. The Morgan fingerprint density at radius 2 is 1.77 bits per heavy atom. The normalized spacial score (nSPS) is 9.15. The van der Waals surface area contributed by atoms with Crippen LogP contribution in [0.1, 0.15) is 11.1 Å². The highest BCUT2D eigenvalue weighted by Gasteiger charge is 1.99. The van der Waals surface area contributed by atoms with Crippen LogP contribution in [-0.2, 0) is 0 Å². The molecule has 0 fully saturated rings. The van der Waals surface area contributed by atoms with Gasteiger partial charge in [0.1, 0.15) is 0 Å². The molecule has 0 saturated carbocycles. The molecule has 13 heavy (non-hydrogen) atoms. The van der Waals surface area contributed by atoms with Gasteiger partial charge in [0.05, 0.1) is 5.70 Å². The number of rotatable bonds is 2. The lowest BCUT2D eigenvalue weighted by molar-refractivity contribution is 0.597. The molecule has 1 aromatic carbocycles. The first-order chi connectivity index (χ1) is 6.15. The number of aryl methyl sites for hydroxylation is 1. The molecule has 0 aliphatic heterocycles. The van der Waals surface area contributed by atoms with Crippen molar-refractivity contribution in [3.8, 4) is 0 Å². The predicted octanol–water partition coefficient (Wildman–Crippen LogP) is 2.14. The molecular weight excluding hydrogens is 160 g/mol. The monoisotopic (exact) mass is 173 g/mol. The third kappa shape index (κ3) is 2.20. The van der Waals surface area contributed by atoms with Gasteiger partial charge in [0.2, 0.25) is 0 Å². The number of nitrogens with zero attached hydrogens (tertiary/aromatic N) is 2. The van der Waals surface area contributed by atoms with Gasteiger partial charge in [-0.05, 0) is 6.92 Å². The van der Waals surface area contributed by atoms with Crippen LogP contribution in [-0.4, -0.2) is 24.9 Å². The zero-order valence-corrected chi connectivity index (χ0v) is 8.20. The molecule has 1 rings (SSSR count). The van der Waals surface area contributed by atoms with Crippen LogP contribution in [0.5, 0.6) is 0 Å². The molecule has 0 atom stereocenters. The van der Waals surface area contributed by atoms with Crippen LogP contribution in [0.15, 0.2) is 24.3 Å². The lowest BCUT2D eigenvalue weighted by Gasteiger charge is -2.16. The van der Waals surface area contributed by atoms with Crippen molar-refractivity contribution >= 4 is 11.6 Å². The third-order valence-electron chi connectivity index (χ3n) is 1.88. The fourth-order valence-corrected chi connectivity index (χ4v) is 1.13. The summed E-state index contributed by atoms with van der Waals surface area (Å²) in [7, 11) is 3.75. The largest absolute Gasteiger partial charge is 0.762 e. The summed E-state index contributed by atoms with van der Waals surface area (Å²) in [6.07, 6.45) is 0. The van der Waals surface area contributed by atoms with Crippen molar-refractivity contribution in [2.45, 2.75) is 6.92 Å².